The number of piperazine rings is 1. The molecular formula is C20H23ClN2O4S. The SMILES string of the molecule is CCc1cccc(OCC(=O)N2CCN(S(=O)(=O)c3ccccc3Cl)CC2)c1. The summed E-state index contributed by atoms with van der Waals surface area (Å²) in [5, 5.41) is 0.198. The normalized spacial score (nSPS) is 15.4. The number of rotatable bonds is 6. The van der Waals surface area contributed by atoms with Gasteiger partial charge < -0.3 is 9.64 Å². The zero-order valence-corrected chi connectivity index (χ0v) is 17.2. The van der Waals surface area contributed by atoms with Gasteiger partial charge in [0.15, 0.2) is 6.61 Å². The number of carbonyl (C=O) groups is 1. The minimum atomic E-state index is -3.67. The fraction of sp³-hybridized carbons (Fsp3) is 0.350. The summed E-state index contributed by atoms with van der Waals surface area (Å²) in [6, 6.07) is 14.0. The topological polar surface area (TPSA) is 66.9 Å². The lowest BCUT2D eigenvalue weighted by Gasteiger charge is -2.34. The lowest BCUT2D eigenvalue weighted by molar-refractivity contribution is -0.134. The molecule has 0 atom stereocenters. The molecule has 0 bridgehead atoms. The summed E-state index contributed by atoms with van der Waals surface area (Å²) in [6.07, 6.45) is 0.896. The lowest BCUT2D eigenvalue weighted by atomic mass is 10.2. The van der Waals surface area contributed by atoms with Gasteiger partial charge in [0.2, 0.25) is 10.0 Å². The van der Waals surface area contributed by atoms with Gasteiger partial charge in [-0.3, -0.25) is 4.79 Å². The van der Waals surface area contributed by atoms with Crippen molar-refractivity contribution in [2.24, 2.45) is 0 Å². The van der Waals surface area contributed by atoms with Gasteiger partial charge >= 0.3 is 0 Å². The second-order valence-corrected chi connectivity index (χ2v) is 8.82. The van der Waals surface area contributed by atoms with Crippen LogP contribution in [0, 0.1) is 0 Å². The van der Waals surface area contributed by atoms with Crippen LogP contribution in [0.2, 0.25) is 5.02 Å². The summed E-state index contributed by atoms with van der Waals surface area (Å²) >= 11 is 6.04. The molecule has 2 aromatic carbocycles. The Kier molecular flexibility index (Phi) is 6.59. The van der Waals surface area contributed by atoms with Crippen molar-refractivity contribution < 1.29 is 17.9 Å². The van der Waals surface area contributed by atoms with Crippen LogP contribution in [-0.2, 0) is 21.2 Å². The van der Waals surface area contributed by atoms with E-state index in [1.54, 1.807) is 23.1 Å². The summed E-state index contributed by atoms with van der Waals surface area (Å²) < 4.78 is 32.5. The fourth-order valence-electron chi connectivity index (χ4n) is 3.06. The molecule has 6 nitrogen and oxygen atoms in total. The summed E-state index contributed by atoms with van der Waals surface area (Å²) in [7, 11) is -3.67. The molecule has 150 valence electrons. The number of amides is 1. The Hall–Kier alpha value is -2.09. The number of ether oxygens (including phenoxy) is 1. The minimum Gasteiger partial charge on any atom is -0.484 e. The first kappa shape index (κ1) is 20.6. The van der Waals surface area contributed by atoms with E-state index in [1.807, 2.05) is 24.3 Å². The zero-order valence-electron chi connectivity index (χ0n) is 15.7. The van der Waals surface area contributed by atoms with E-state index in [0.717, 1.165) is 12.0 Å². The van der Waals surface area contributed by atoms with Gasteiger partial charge in [0.25, 0.3) is 5.91 Å². The molecule has 1 amide bonds. The summed E-state index contributed by atoms with van der Waals surface area (Å²) in [5.74, 6) is 0.504. The molecule has 1 heterocycles. The van der Waals surface area contributed by atoms with Crippen molar-refractivity contribution in [3.8, 4) is 5.75 Å². The molecule has 0 unspecified atom stereocenters. The molecule has 1 fully saturated rings. The molecule has 0 N–H and O–H groups in total. The average Bonchev–Trinajstić information content (AvgIpc) is 2.72. The number of nitrogens with zero attached hydrogens (tertiary/aromatic N) is 2. The van der Waals surface area contributed by atoms with Crippen LogP contribution < -0.4 is 4.74 Å². The maximum atomic E-state index is 12.8. The van der Waals surface area contributed by atoms with Gasteiger partial charge in [-0.25, -0.2) is 8.42 Å². The molecule has 1 aliphatic rings. The van der Waals surface area contributed by atoms with E-state index in [1.165, 1.54) is 10.4 Å². The van der Waals surface area contributed by atoms with Crippen LogP contribution in [0.15, 0.2) is 53.4 Å². The molecule has 0 aliphatic carbocycles. The highest BCUT2D eigenvalue weighted by Gasteiger charge is 2.31. The zero-order chi connectivity index (χ0) is 20.1. The van der Waals surface area contributed by atoms with Crippen LogP contribution in [0.1, 0.15) is 12.5 Å². The molecule has 0 saturated carbocycles. The predicted molar refractivity (Wildman–Crippen MR) is 108 cm³/mol. The van der Waals surface area contributed by atoms with E-state index in [2.05, 4.69) is 6.92 Å². The molecule has 1 aliphatic heterocycles. The van der Waals surface area contributed by atoms with Crippen molar-refractivity contribution in [3.05, 3.63) is 59.1 Å². The van der Waals surface area contributed by atoms with Crippen molar-refractivity contribution in [3.63, 3.8) is 0 Å². The average molecular weight is 423 g/mol. The number of benzene rings is 2. The number of hydrogen-bond acceptors (Lipinski definition) is 4. The van der Waals surface area contributed by atoms with E-state index >= 15 is 0 Å². The van der Waals surface area contributed by atoms with E-state index < -0.39 is 10.0 Å². The van der Waals surface area contributed by atoms with Crippen molar-refractivity contribution in [2.45, 2.75) is 18.2 Å². The monoisotopic (exact) mass is 422 g/mol. The highest BCUT2D eigenvalue weighted by Crippen LogP contribution is 2.25. The summed E-state index contributed by atoms with van der Waals surface area (Å²) in [5.41, 5.74) is 1.14. The number of hydrogen-bond donors (Lipinski definition) is 0. The van der Waals surface area contributed by atoms with Crippen molar-refractivity contribution in [2.75, 3.05) is 32.8 Å². The first-order chi connectivity index (χ1) is 13.4. The summed E-state index contributed by atoms with van der Waals surface area (Å²) in [4.78, 5) is 14.1. The van der Waals surface area contributed by atoms with Crippen LogP contribution in [0.25, 0.3) is 0 Å². The van der Waals surface area contributed by atoms with Gasteiger partial charge in [-0.2, -0.15) is 4.31 Å². The predicted octanol–water partition coefficient (Wildman–Crippen LogP) is 2.81. The molecule has 3 rings (SSSR count). The first-order valence-corrected chi connectivity index (χ1v) is 11.0. The van der Waals surface area contributed by atoms with Gasteiger partial charge in [-0.15, -0.1) is 0 Å². The van der Waals surface area contributed by atoms with Crippen molar-refractivity contribution >= 4 is 27.5 Å². The largest absolute Gasteiger partial charge is 0.484 e. The Morgan fingerprint density at radius 1 is 1.07 bits per heavy atom. The number of aryl methyl sites for hydroxylation is 1. The third-order valence-corrected chi connectivity index (χ3v) is 7.11. The molecule has 8 heteroatoms. The standard InChI is InChI=1S/C20H23ClN2O4S/c1-2-16-6-5-7-17(14-16)27-15-20(24)22-10-12-23(13-11-22)28(25,26)19-9-4-3-8-18(19)21/h3-9,14H,2,10-13,15H2,1H3. The Morgan fingerprint density at radius 3 is 2.46 bits per heavy atom. The van der Waals surface area contributed by atoms with Crippen molar-refractivity contribution in [1.82, 2.24) is 9.21 Å². The first-order valence-electron chi connectivity index (χ1n) is 9.16. The highest BCUT2D eigenvalue weighted by molar-refractivity contribution is 7.89. The van der Waals surface area contributed by atoms with Gasteiger partial charge in [-0.05, 0) is 36.2 Å². The molecule has 2 aromatic rings. The number of sulfonamides is 1. The lowest BCUT2D eigenvalue weighted by Crippen LogP contribution is -2.51. The van der Waals surface area contributed by atoms with E-state index in [9.17, 15) is 13.2 Å². The van der Waals surface area contributed by atoms with Gasteiger partial charge in [-0.1, -0.05) is 42.8 Å². The quantitative estimate of drug-likeness (QED) is 0.717. The van der Waals surface area contributed by atoms with E-state index in [4.69, 9.17) is 16.3 Å². The minimum absolute atomic E-state index is 0.0650. The van der Waals surface area contributed by atoms with Crippen LogP contribution >= 0.6 is 11.6 Å². The fourth-order valence-corrected chi connectivity index (χ4v) is 4.98. The molecule has 1 saturated heterocycles. The van der Waals surface area contributed by atoms with E-state index in [0.29, 0.717) is 18.8 Å². The van der Waals surface area contributed by atoms with Gasteiger partial charge in [0, 0.05) is 26.2 Å². The van der Waals surface area contributed by atoms with Crippen molar-refractivity contribution in [1.29, 1.82) is 0 Å². The van der Waals surface area contributed by atoms with Crippen LogP contribution in [0.4, 0.5) is 0 Å². The molecule has 28 heavy (non-hydrogen) atoms. The second kappa shape index (κ2) is 8.94. The Labute approximate surface area is 170 Å². The number of carbonyl (C=O) groups excluding carboxylic acids is 1. The van der Waals surface area contributed by atoms with E-state index in [-0.39, 0.29) is 35.5 Å². The molecule has 0 radical (unpaired) electrons. The third-order valence-electron chi connectivity index (χ3n) is 4.71. The molecular weight excluding hydrogens is 400 g/mol. The smallest absolute Gasteiger partial charge is 0.260 e. The Morgan fingerprint density at radius 2 is 1.79 bits per heavy atom. The Bertz CT molecular complexity index is 941. The van der Waals surface area contributed by atoms with Crippen LogP contribution in [0.5, 0.6) is 5.75 Å². The highest BCUT2D eigenvalue weighted by atomic mass is 35.5. The maximum absolute atomic E-state index is 12.8. The molecule has 0 aromatic heterocycles. The van der Waals surface area contributed by atoms with Gasteiger partial charge in [0.05, 0.1) is 5.02 Å². The maximum Gasteiger partial charge on any atom is 0.260 e. The Balaban J connectivity index is 1.56. The third kappa shape index (κ3) is 4.66. The van der Waals surface area contributed by atoms with Crippen LogP contribution in [0.3, 0.4) is 0 Å². The number of halogens is 1. The molecule has 0 spiro atoms. The van der Waals surface area contributed by atoms with Crippen LogP contribution in [-0.4, -0.2) is 56.3 Å². The second-order valence-electron chi connectivity index (χ2n) is 6.50. The summed E-state index contributed by atoms with van der Waals surface area (Å²) in [6.45, 7) is 3.09. The van der Waals surface area contributed by atoms with Gasteiger partial charge in [0.1, 0.15) is 10.6 Å².